The molecule has 2 heteroatoms. The fraction of sp³-hybridized carbons (Fsp3) is 0.333. The van der Waals surface area contributed by atoms with Crippen molar-refractivity contribution in [3.8, 4) is 5.75 Å². The number of para-hydroxylation sites is 1. The Morgan fingerprint density at radius 3 is 2.30 bits per heavy atom. The monoisotopic (exact) mass is 269 g/mol. The van der Waals surface area contributed by atoms with Crippen LogP contribution in [0, 0.1) is 13.8 Å². The first-order chi connectivity index (χ1) is 9.65. The van der Waals surface area contributed by atoms with Gasteiger partial charge in [-0.3, -0.25) is 0 Å². The SMILES string of the molecule is Cc1cc(C)cc(C(C)NCCOc2ccccc2)c1. The zero-order valence-corrected chi connectivity index (χ0v) is 12.5. The molecule has 1 atom stereocenters. The van der Waals surface area contributed by atoms with Crippen LogP contribution in [0.4, 0.5) is 0 Å². The summed E-state index contributed by atoms with van der Waals surface area (Å²) in [7, 11) is 0. The summed E-state index contributed by atoms with van der Waals surface area (Å²) in [5, 5.41) is 3.50. The first-order valence-corrected chi connectivity index (χ1v) is 7.14. The van der Waals surface area contributed by atoms with E-state index in [1.807, 2.05) is 30.3 Å². The normalized spacial score (nSPS) is 12.2. The lowest BCUT2D eigenvalue weighted by Crippen LogP contribution is -2.24. The molecule has 0 spiro atoms. The van der Waals surface area contributed by atoms with Gasteiger partial charge in [0.05, 0.1) is 0 Å². The third-order valence-corrected chi connectivity index (χ3v) is 3.31. The van der Waals surface area contributed by atoms with E-state index < -0.39 is 0 Å². The molecule has 0 saturated heterocycles. The van der Waals surface area contributed by atoms with Crippen LogP contribution < -0.4 is 10.1 Å². The highest BCUT2D eigenvalue weighted by atomic mass is 16.5. The van der Waals surface area contributed by atoms with E-state index in [4.69, 9.17) is 4.74 Å². The van der Waals surface area contributed by atoms with Crippen molar-refractivity contribution in [2.75, 3.05) is 13.2 Å². The van der Waals surface area contributed by atoms with Crippen molar-refractivity contribution < 1.29 is 4.74 Å². The van der Waals surface area contributed by atoms with Gasteiger partial charge in [0.1, 0.15) is 12.4 Å². The molecule has 2 rings (SSSR count). The highest BCUT2D eigenvalue weighted by Gasteiger charge is 2.05. The van der Waals surface area contributed by atoms with Gasteiger partial charge in [-0.25, -0.2) is 0 Å². The standard InChI is InChI=1S/C18H23NO/c1-14-11-15(2)13-17(12-14)16(3)19-9-10-20-18-7-5-4-6-8-18/h4-8,11-13,16,19H,9-10H2,1-3H3. The number of nitrogens with one attached hydrogen (secondary N) is 1. The van der Waals surface area contributed by atoms with Crippen LogP contribution in [0.15, 0.2) is 48.5 Å². The highest BCUT2D eigenvalue weighted by molar-refractivity contribution is 5.30. The Bertz CT molecular complexity index is 516. The molecule has 0 aliphatic heterocycles. The number of hydrogen-bond acceptors (Lipinski definition) is 2. The minimum atomic E-state index is 0.341. The van der Waals surface area contributed by atoms with Gasteiger partial charge in [0, 0.05) is 12.6 Å². The van der Waals surface area contributed by atoms with Gasteiger partial charge < -0.3 is 10.1 Å². The Morgan fingerprint density at radius 2 is 1.65 bits per heavy atom. The first kappa shape index (κ1) is 14.6. The van der Waals surface area contributed by atoms with E-state index in [0.717, 1.165) is 12.3 Å². The van der Waals surface area contributed by atoms with E-state index in [-0.39, 0.29) is 0 Å². The molecule has 0 aliphatic rings. The van der Waals surface area contributed by atoms with Gasteiger partial charge in [-0.05, 0) is 38.5 Å². The van der Waals surface area contributed by atoms with Crippen LogP contribution in [-0.4, -0.2) is 13.2 Å². The Kier molecular flexibility index (Phi) is 5.19. The molecule has 0 heterocycles. The maximum absolute atomic E-state index is 5.68. The summed E-state index contributed by atoms with van der Waals surface area (Å²) in [5.74, 6) is 0.924. The third-order valence-electron chi connectivity index (χ3n) is 3.31. The van der Waals surface area contributed by atoms with Crippen molar-refractivity contribution in [1.82, 2.24) is 5.32 Å². The van der Waals surface area contributed by atoms with Gasteiger partial charge in [0.15, 0.2) is 0 Å². The van der Waals surface area contributed by atoms with E-state index in [2.05, 4.69) is 44.3 Å². The van der Waals surface area contributed by atoms with Crippen molar-refractivity contribution >= 4 is 0 Å². The second-order valence-electron chi connectivity index (χ2n) is 5.26. The molecule has 0 radical (unpaired) electrons. The number of ether oxygens (including phenoxy) is 1. The molecule has 2 aromatic carbocycles. The first-order valence-electron chi connectivity index (χ1n) is 7.14. The Morgan fingerprint density at radius 1 is 1.00 bits per heavy atom. The molecular weight excluding hydrogens is 246 g/mol. The summed E-state index contributed by atoms with van der Waals surface area (Å²) in [6.07, 6.45) is 0. The molecule has 0 saturated carbocycles. The van der Waals surface area contributed by atoms with E-state index in [1.165, 1.54) is 16.7 Å². The summed E-state index contributed by atoms with van der Waals surface area (Å²) in [4.78, 5) is 0. The zero-order chi connectivity index (χ0) is 14.4. The van der Waals surface area contributed by atoms with Gasteiger partial charge in [-0.1, -0.05) is 47.5 Å². The van der Waals surface area contributed by atoms with Crippen LogP contribution in [0.2, 0.25) is 0 Å². The number of aryl methyl sites for hydroxylation is 2. The van der Waals surface area contributed by atoms with E-state index >= 15 is 0 Å². The van der Waals surface area contributed by atoms with E-state index in [0.29, 0.717) is 12.6 Å². The zero-order valence-electron chi connectivity index (χ0n) is 12.5. The van der Waals surface area contributed by atoms with Crippen molar-refractivity contribution in [1.29, 1.82) is 0 Å². The summed E-state index contributed by atoms with van der Waals surface area (Å²) < 4.78 is 5.68. The largest absolute Gasteiger partial charge is 0.492 e. The average Bonchev–Trinajstić information content (AvgIpc) is 2.43. The minimum absolute atomic E-state index is 0.341. The molecule has 20 heavy (non-hydrogen) atoms. The number of rotatable bonds is 6. The molecule has 0 aromatic heterocycles. The Labute approximate surface area is 121 Å². The topological polar surface area (TPSA) is 21.3 Å². The molecule has 106 valence electrons. The average molecular weight is 269 g/mol. The Balaban J connectivity index is 1.79. The minimum Gasteiger partial charge on any atom is -0.492 e. The van der Waals surface area contributed by atoms with Gasteiger partial charge in [-0.15, -0.1) is 0 Å². The summed E-state index contributed by atoms with van der Waals surface area (Å²) in [6, 6.07) is 16.9. The summed E-state index contributed by atoms with van der Waals surface area (Å²) in [5.41, 5.74) is 3.96. The van der Waals surface area contributed by atoms with Crippen molar-refractivity contribution in [2.24, 2.45) is 0 Å². The molecule has 0 bridgehead atoms. The summed E-state index contributed by atoms with van der Waals surface area (Å²) in [6.45, 7) is 7.99. The smallest absolute Gasteiger partial charge is 0.119 e. The molecular formula is C18H23NO. The lowest BCUT2D eigenvalue weighted by Gasteiger charge is -2.16. The van der Waals surface area contributed by atoms with Crippen molar-refractivity contribution in [3.63, 3.8) is 0 Å². The molecule has 0 aliphatic carbocycles. The molecule has 0 amide bonds. The molecule has 2 aromatic rings. The van der Waals surface area contributed by atoms with Crippen LogP contribution in [0.25, 0.3) is 0 Å². The molecule has 1 N–H and O–H groups in total. The fourth-order valence-corrected chi connectivity index (χ4v) is 2.34. The molecule has 1 unspecified atom stereocenters. The Hall–Kier alpha value is -1.80. The van der Waals surface area contributed by atoms with Crippen LogP contribution in [0.5, 0.6) is 5.75 Å². The lowest BCUT2D eigenvalue weighted by molar-refractivity contribution is 0.307. The van der Waals surface area contributed by atoms with Gasteiger partial charge in [-0.2, -0.15) is 0 Å². The summed E-state index contributed by atoms with van der Waals surface area (Å²) >= 11 is 0. The van der Waals surface area contributed by atoms with Crippen LogP contribution in [0.1, 0.15) is 29.7 Å². The maximum Gasteiger partial charge on any atom is 0.119 e. The van der Waals surface area contributed by atoms with Crippen LogP contribution >= 0.6 is 0 Å². The second kappa shape index (κ2) is 7.11. The number of hydrogen-bond donors (Lipinski definition) is 1. The second-order valence-corrected chi connectivity index (χ2v) is 5.26. The van der Waals surface area contributed by atoms with Gasteiger partial charge in [0.2, 0.25) is 0 Å². The predicted octanol–water partition coefficient (Wildman–Crippen LogP) is 4.03. The fourth-order valence-electron chi connectivity index (χ4n) is 2.34. The highest BCUT2D eigenvalue weighted by Crippen LogP contribution is 2.16. The predicted molar refractivity (Wildman–Crippen MR) is 84.3 cm³/mol. The molecule has 0 fully saturated rings. The van der Waals surface area contributed by atoms with E-state index in [9.17, 15) is 0 Å². The number of benzene rings is 2. The maximum atomic E-state index is 5.68. The van der Waals surface area contributed by atoms with Crippen molar-refractivity contribution in [2.45, 2.75) is 26.8 Å². The van der Waals surface area contributed by atoms with Gasteiger partial charge >= 0.3 is 0 Å². The van der Waals surface area contributed by atoms with Gasteiger partial charge in [0.25, 0.3) is 0 Å². The van der Waals surface area contributed by atoms with E-state index in [1.54, 1.807) is 0 Å². The quantitative estimate of drug-likeness (QED) is 0.799. The molecule has 2 nitrogen and oxygen atoms in total. The van der Waals surface area contributed by atoms with Crippen LogP contribution in [-0.2, 0) is 0 Å². The lowest BCUT2D eigenvalue weighted by atomic mass is 10.0. The van der Waals surface area contributed by atoms with Crippen LogP contribution in [0.3, 0.4) is 0 Å². The third kappa shape index (κ3) is 4.39. The van der Waals surface area contributed by atoms with Crippen molar-refractivity contribution in [3.05, 3.63) is 65.2 Å².